The Bertz CT molecular complexity index is 862. The molecule has 0 bridgehead atoms. The van der Waals surface area contributed by atoms with Gasteiger partial charge in [0.1, 0.15) is 0 Å². The first-order valence-corrected chi connectivity index (χ1v) is 9.17. The summed E-state index contributed by atoms with van der Waals surface area (Å²) in [6, 6.07) is 5.07. The Kier molecular flexibility index (Phi) is 7.70. The van der Waals surface area contributed by atoms with Crippen molar-refractivity contribution in [2.45, 2.75) is 0 Å². The summed E-state index contributed by atoms with van der Waals surface area (Å²) in [5.74, 6) is 1.11. The van der Waals surface area contributed by atoms with Crippen LogP contribution in [0.15, 0.2) is 34.0 Å². The minimum atomic E-state index is -0.161. The number of benzene rings is 1. The lowest BCUT2D eigenvalue weighted by molar-refractivity contribution is -0.130. The van der Waals surface area contributed by atoms with E-state index < -0.39 is 0 Å². The second-order valence-electron chi connectivity index (χ2n) is 5.46. The minimum absolute atomic E-state index is 0.0995. The number of nitrogens with zero attached hydrogens (tertiary/aromatic N) is 3. The topological polar surface area (TPSA) is 76.0 Å². The van der Waals surface area contributed by atoms with E-state index in [1.807, 2.05) is 0 Å². The third-order valence-corrected chi connectivity index (χ3v) is 4.37. The number of likely N-dealkylation sites (N-methyl/N-ethyl adjacent to an activating group) is 1. The fraction of sp³-hybridized carbons (Fsp3) is 0.235. The highest BCUT2D eigenvalue weighted by atomic mass is 79.9. The fourth-order valence-corrected chi connectivity index (χ4v) is 2.88. The molecule has 0 aliphatic heterocycles. The van der Waals surface area contributed by atoms with Gasteiger partial charge in [-0.15, -0.1) is 0 Å². The van der Waals surface area contributed by atoms with E-state index in [0.717, 1.165) is 5.56 Å². The highest BCUT2D eigenvalue weighted by Gasteiger charge is 2.14. The van der Waals surface area contributed by atoms with E-state index in [9.17, 15) is 4.79 Å². The molecule has 144 valence electrons. The molecule has 1 heterocycles. The molecule has 1 aromatic carbocycles. The average Bonchev–Trinajstić information content (AvgIpc) is 2.61. The first kappa shape index (κ1) is 21.3. The largest absolute Gasteiger partial charge is 0.493 e. The maximum Gasteiger partial charge on any atom is 0.259 e. The number of carbonyl (C=O) groups excluding carboxylic acids is 1. The molecule has 0 atom stereocenters. The van der Waals surface area contributed by atoms with Crippen LogP contribution in [-0.2, 0) is 4.79 Å². The second kappa shape index (κ2) is 9.77. The smallest absolute Gasteiger partial charge is 0.259 e. The van der Waals surface area contributed by atoms with Gasteiger partial charge in [0.2, 0.25) is 0 Å². The Balaban J connectivity index is 2.13. The molecule has 2 aromatic rings. The van der Waals surface area contributed by atoms with Gasteiger partial charge in [0.05, 0.1) is 27.8 Å². The second-order valence-corrected chi connectivity index (χ2v) is 7.16. The molecule has 0 saturated carbocycles. The maximum atomic E-state index is 11.7. The van der Waals surface area contributed by atoms with Crippen molar-refractivity contribution < 1.29 is 14.3 Å². The van der Waals surface area contributed by atoms with Crippen LogP contribution in [0.2, 0.25) is 10.0 Å². The van der Waals surface area contributed by atoms with Gasteiger partial charge in [0, 0.05) is 20.3 Å². The van der Waals surface area contributed by atoms with E-state index in [0.29, 0.717) is 31.8 Å². The number of rotatable bonds is 7. The Morgan fingerprint density at radius 3 is 2.74 bits per heavy atom. The monoisotopic (exact) mass is 474 g/mol. The van der Waals surface area contributed by atoms with Crippen molar-refractivity contribution >= 4 is 57.1 Å². The number of amides is 1. The number of ether oxygens (including phenoxy) is 2. The molecule has 0 fully saturated rings. The van der Waals surface area contributed by atoms with Crippen molar-refractivity contribution in [2.75, 3.05) is 33.2 Å². The summed E-state index contributed by atoms with van der Waals surface area (Å²) in [6.07, 6.45) is 3.03. The number of anilines is 1. The van der Waals surface area contributed by atoms with Gasteiger partial charge < -0.3 is 14.4 Å². The van der Waals surface area contributed by atoms with Gasteiger partial charge in [-0.2, -0.15) is 5.10 Å². The van der Waals surface area contributed by atoms with Crippen LogP contribution in [0, 0.1) is 0 Å². The molecule has 1 N–H and O–H groups in total. The molecule has 27 heavy (non-hydrogen) atoms. The lowest BCUT2D eigenvalue weighted by Crippen LogP contribution is -2.27. The van der Waals surface area contributed by atoms with Gasteiger partial charge in [-0.3, -0.25) is 10.2 Å². The highest BCUT2D eigenvalue weighted by molar-refractivity contribution is 9.10. The van der Waals surface area contributed by atoms with Crippen LogP contribution < -0.4 is 14.9 Å². The number of carbonyl (C=O) groups is 1. The van der Waals surface area contributed by atoms with Gasteiger partial charge in [-0.05, 0) is 39.7 Å². The van der Waals surface area contributed by atoms with Gasteiger partial charge in [0.15, 0.2) is 23.9 Å². The third kappa shape index (κ3) is 5.98. The fourth-order valence-electron chi connectivity index (χ4n) is 1.88. The lowest BCUT2D eigenvalue weighted by atomic mass is 10.2. The summed E-state index contributed by atoms with van der Waals surface area (Å²) in [6.45, 7) is -0.0995. The number of hydrogen-bond donors (Lipinski definition) is 1. The van der Waals surface area contributed by atoms with E-state index in [1.54, 1.807) is 38.5 Å². The quantitative estimate of drug-likeness (QED) is 0.482. The summed E-state index contributed by atoms with van der Waals surface area (Å²) >= 11 is 15.3. The van der Waals surface area contributed by atoms with Crippen molar-refractivity contribution in [1.29, 1.82) is 0 Å². The molecule has 0 aliphatic rings. The van der Waals surface area contributed by atoms with E-state index in [4.69, 9.17) is 32.7 Å². The molecular formula is C17H17BrCl2N4O3. The summed E-state index contributed by atoms with van der Waals surface area (Å²) in [7, 11) is 4.83. The Hall–Kier alpha value is -2.03. The number of hydrazone groups is 1. The zero-order valence-electron chi connectivity index (χ0n) is 14.8. The van der Waals surface area contributed by atoms with Crippen molar-refractivity contribution in [3.8, 4) is 11.5 Å². The number of methoxy groups -OCH3 is 1. The molecule has 0 aliphatic carbocycles. The summed E-state index contributed by atoms with van der Waals surface area (Å²) in [5, 5.41) is 4.89. The van der Waals surface area contributed by atoms with E-state index in [2.05, 4.69) is 31.4 Å². The van der Waals surface area contributed by atoms with Crippen LogP contribution in [-0.4, -0.2) is 49.8 Å². The number of halogens is 3. The van der Waals surface area contributed by atoms with Gasteiger partial charge in [0.25, 0.3) is 5.91 Å². The number of nitrogens with one attached hydrogen (secondary N) is 1. The van der Waals surface area contributed by atoms with Gasteiger partial charge in [-0.25, -0.2) is 4.98 Å². The summed E-state index contributed by atoms with van der Waals surface area (Å²) in [5.41, 5.74) is 3.47. The molecule has 0 spiro atoms. The highest BCUT2D eigenvalue weighted by Crippen LogP contribution is 2.36. The van der Waals surface area contributed by atoms with Crippen molar-refractivity contribution in [3.05, 3.63) is 44.5 Å². The third-order valence-electron chi connectivity index (χ3n) is 3.28. The van der Waals surface area contributed by atoms with Crippen molar-refractivity contribution in [3.63, 3.8) is 0 Å². The van der Waals surface area contributed by atoms with Crippen LogP contribution >= 0.6 is 39.1 Å². The minimum Gasteiger partial charge on any atom is -0.493 e. The average molecular weight is 476 g/mol. The molecule has 2 rings (SSSR count). The summed E-state index contributed by atoms with van der Waals surface area (Å²) < 4.78 is 11.5. The van der Waals surface area contributed by atoms with Crippen LogP contribution in [0.25, 0.3) is 0 Å². The SMILES string of the molecule is COc1cc(C=NNc2ncc(Cl)cc2Cl)cc(Br)c1OCC(=O)N(C)C. The Morgan fingerprint density at radius 1 is 1.37 bits per heavy atom. The molecule has 10 heteroatoms. The van der Waals surface area contributed by atoms with Gasteiger partial charge >= 0.3 is 0 Å². The lowest BCUT2D eigenvalue weighted by Gasteiger charge is -2.15. The summed E-state index contributed by atoms with van der Waals surface area (Å²) in [4.78, 5) is 17.2. The van der Waals surface area contributed by atoms with E-state index >= 15 is 0 Å². The Morgan fingerprint density at radius 2 is 2.11 bits per heavy atom. The standard InChI is InChI=1S/C17H17BrCl2N4O3/c1-24(2)15(25)9-27-16-12(18)4-10(5-14(16)26-3)7-22-23-17-13(20)6-11(19)8-21-17/h4-8H,9H2,1-3H3,(H,21,23). The number of hydrogen-bond acceptors (Lipinski definition) is 6. The van der Waals surface area contributed by atoms with Crippen molar-refractivity contribution in [1.82, 2.24) is 9.88 Å². The van der Waals surface area contributed by atoms with Crippen LogP contribution in [0.1, 0.15) is 5.56 Å². The van der Waals surface area contributed by atoms with E-state index in [1.165, 1.54) is 18.2 Å². The molecule has 1 amide bonds. The van der Waals surface area contributed by atoms with E-state index in [-0.39, 0.29) is 12.5 Å². The van der Waals surface area contributed by atoms with Crippen LogP contribution in [0.5, 0.6) is 11.5 Å². The zero-order valence-corrected chi connectivity index (χ0v) is 17.9. The molecular weight excluding hydrogens is 459 g/mol. The molecule has 7 nitrogen and oxygen atoms in total. The predicted molar refractivity (Wildman–Crippen MR) is 110 cm³/mol. The molecule has 1 aromatic heterocycles. The normalized spacial score (nSPS) is 10.7. The maximum absolute atomic E-state index is 11.7. The molecule has 0 unspecified atom stereocenters. The van der Waals surface area contributed by atoms with Crippen LogP contribution in [0.3, 0.4) is 0 Å². The van der Waals surface area contributed by atoms with Crippen molar-refractivity contribution in [2.24, 2.45) is 5.10 Å². The molecule has 0 saturated heterocycles. The Labute approximate surface area is 175 Å². The molecule has 0 radical (unpaired) electrons. The van der Waals surface area contributed by atoms with Gasteiger partial charge in [-0.1, -0.05) is 23.2 Å². The zero-order chi connectivity index (χ0) is 20.0. The number of pyridine rings is 1. The predicted octanol–water partition coefficient (Wildman–Crippen LogP) is 4.07. The number of aromatic nitrogens is 1. The first-order chi connectivity index (χ1) is 12.8. The van der Waals surface area contributed by atoms with Crippen LogP contribution in [0.4, 0.5) is 5.82 Å². The first-order valence-electron chi connectivity index (χ1n) is 7.62.